The van der Waals surface area contributed by atoms with Gasteiger partial charge in [-0.15, -0.1) is 0 Å². The lowest BCUT2D eigenvalue weighted by molar-refractivity contribution is 1.23. The topological polar surface area (TPSA) is 23.8 Å². The molecule has 1 nitrogen and oxygen atoms in total. The Morgan fingerprint density at radius 3 is 2.60 bits per heavy atom. The number of thiocyanates is 1. The molecule has 0 N–H and O–H groups in total. The van der Waals surface area contributed by atoms with Crippen molar-refractivity contribution in [2.45, 2.75) is 13.3 Å². The Labute approximate surface area is 109 Å². The fraction of sp³-hybridized carbons (Fsp3) is 0.250. The second-order valence-corrected chi connectivity index (χ2v) is 5.05. The summed E-state index contributed by atoms with van der Waals surface area (Å²) in [4.78, 5) is 0. The van der Waals surface area contributed by atoms with Crippen LogP contribution in [-0.2, 0) is 0 Å². The molecule has 0 saturated heterocycles. The lowest BCUT2D eigenvalue weighted by Gasteiger charge is -2.07. The van der Waals surface area contributed by atoms with E-state index in [2.05, 4.69) is 47.0 Å². The molecule has 0 aliphatic carbocycles. The molecule has 0 fully saturated rings. The maximum Gasteiger partial charge on any atom is 0.133 e. The van der Waals surface area contributed by atoms with Crippen LogP contribution in [0.4, 0.5) is 0 Å². The summed E-state index contributed by atoms with van der Waals surface area (Å²) in [5.41, 5.74) is 2.61. The first-order valence-electron chi connectivity index (χ1n) is 4.73. The lowest BCUT2D eigenvalue weighted by atomic mass is 10.0. The highest BCUT2D eigenvalue weighted by Crippen LogP contribution is 2.28. The Morgan fingerprint density at radius 1 is 1.40 bits per heavy atom. The summed E-state index contributed by atoms with van der Waals surface area (Å²) in [6, 6.07) is 10.4. The van der Waals surface area contributed by atoms with Crippen molar-refractivity contribution in [1.82, 2.24) is 0 Å². The minimum Gasteiger partial charge on any atom is -0.185 e. The summed E-state index contributed by atoms with van der Waals surface area (Å²) in [5, 5.41) is 10.6. The van der Waals surface area contributed by atoms with Gasteiger partial charge in [0, 0.05) is 9.33 Å². The van der Waals surface area contributed by atoms with Crippen LogP contribution >= 0.6 is 34.4 Å². The van der Waals surface area contributed by atoms with Crippen LogP contribution < -0.4 is 0 Å². The fourth-order valence-electron chi connectivity index (χ4n) is 1.37. The van der Waals surface area contributed by atoms with E-state index in [9.17, 15) is 0 Å². The Hall–Kier alpha value is -0.470. The number of nitriles is 1. The summed E-state index contributed by atoms with van der Waals surface area (Å²) in [5.74, 6) is 0.787. The van der Waals surface area contributed by atoms with E-state index in [1.54, 1.807) is 0 Å². The van der Waals surface area contributed by atoms with Gasteiger partial charge in [-0.1, -0.05) is 37.3 Å². The van der Waals surface area contributed by atoms with Gasteiger partial charge < -0.3 is 0 Å². The van der Waals surface area contributed by atoms with Crippen LogP contribution in [0.5, 0.6) is 0 Å². The zero-order chi connectivity index (χ0) is 11.1. The zero-order valence-corrected chi connectivity index (χ0v) is 11.5. The summed E-state index contributed by atoms with van der Waals surface area (Å²) in [6.07, 6.45) is 1.01. The molecule has 0 spiro atoms. The van der Waals surface area contributed by atoms with Gasteiger partial charge in [0.25, 0.3) is 0 Å². The molecule has 1 rings (SSSR count). The summed E-state index contributed by atoms with van der Waals surface area (Å²) in [7, 11) is 0. The van der Waals surface area contributed by atoms with Gasteiger partial charge in [0.1, 0.15) is 5.40 Å². The smallest absolute Gasteiger partial charge is 0.133 e. The monoisotopic (exact) mass is 329 g/mol. The van der Waals surface area contributed by atoms with E-state index < -0.39 is 0 Å². The molecular weight excluding hydrogens is 317 g/mol. The van der Waals surface area contributed by atoms with Crippen molar-refractivity contribution in [3.8, 4) is 5.40 Å². The first-order chi connectivity index (χ1) is 7.29. The number of hydrogen-bond donors (Lipinski definition) is 0. The second kappa shape index (κ2) is 6.91. The SMILES string of the molecule is CC/C(=C(/I)CSC#N)c1ccccc1. The molecule has 78 valence electrons. The van der Waals surface area contributed by atoms with Gasteiger partial charge >= 0.3 is 0 Å². The molecule has 0 saturated carbocycles. The summed E-state index contributed by atoms with van der Waals surface area (Å²) >= 11 is 3.63. The number of thioether (sulfide) groups is 1. The molecule has 0 unspecified atom stereocenters. The van der Waals surface area contributed by atoms with Crippen LogP contribution in [0.3, 0.4) is 0 Å². The van der Waals surface area contributed by atoms with Gasteiger partial charge in [0.15, 0.2) is 0 Å². The van der Waals surface area contributed by atoms with Crippen molar-refractivity contribution in [1.29, 1.82) is 5.26 Å². The van der Waals surface area contributed by atoms with Crippen LogP contribution in [0.25, 0.3) is 5.57 Å². The van der Waals surface area contributed by atoms with Crippen molar-refractivity contribution >= 4 is 39.9 Å². The molecule has 0 heterocycles. The first kappa shape index (κ1) is 12.6. The second-order valence-electron chi connectivity index (χ2n) is 2.98. The van der Waals surface area contributed by atoms with Gasteiger partial charge in [-0.25, -0.2) is 0 Å². The predicted octanol–water partition coefficient (Wildman–Crippen LogP) is 4.46. The number of nitrogens with zero attached hydrogens (tertiary/aromatic N) is 1. The van der Waals surface area contributed by atoms with E-state index in [0.29, 0.717) is 0 Å². The Kier molecular flexibility index (Phi) is 5.81. The lowest BCUT2D eigenvalue weighted by Crippen LogP contribution is -1.88. The Morgan fingerprint density at radius 2 is 2.07 bits per heavy atom. The molecule has 0 bridgehead atoms. The average Bonchev–Trinajstić information content (AvgIpc) is 2.29. The molecule has 0 aliphatic rings. The van der Waals surface area contributed by atoms with Crippen LogP contribution in [-0.4, -0.2) is 5.75 Å². The first-order valence-corrected chi connectivity index (χ1v) is 6.79. The largest absolute Gasteiger partial charge is 0.185 e. The third-order valence-corrected chi connectivity index (χ3v) is 4.18. The molecule has 1 aromatic carbocycles. The van der Waals surface area contributed by atoms with Crippen molar-refractivity contribution in [2.24, 2.45) is 0 Å². The third kappa shape index (κ3) is 3.88. The number of allylic oxidation sites excluding steroid dienone is 1. The van der Waals surface area contributed by atoms with Gasteiger partial charge in [0.05, 0.1) is 0 Å². The van der Waals surface area contributed by atoms with E-state index >= 15 is 0 Å². The van der Waals surface area contributed by atoms with Crippen LogP contribution in [0.1, 0.15) is 18.9 Å². The van der Waals surface area contributed by atoms with Gasteiger partial charge in [-0.3, -0.25) is 0 Å². The van der Waals surface area contributed by atoms with Crippen LogP contribution in [0, 0.1) is 10.7 Å². The highest BCUT2D eigenvalue weighted by atomic mass is 127. The van der Waals surface area contributed by atoms with Crippen molar-refractivity contribution in [3.05, 3.63) is 39.5 Å². The quantitative estimate of drug-likeness (QED) is 0.602. The van der Waals surface area contributed by atoms with Crippen LogP contribution in [0.2, 0.25) is 0 Å². The maximum atomic E-state index is 8.53. The highest BCUT2D eigenvalue weighted by Gasteiger charge is 2.04. The third-order valence-electron chi connectivity index (χ3n) is 2.07. The average molecular weight is 329 g/mol. The maximum absolute atomic E-state index is 8.53. The minimum absolute atomic E-state index is 0.787. The number of hydrogen-bond acceptors (Lipinski definition) is 2. The molecule has 0 amide bonds. The predicted molar refractivity (Wildman–Crippen MR) is 75.7 cm³/mol. The highest BCUT2D eigenvalue weighted by molar-refractivity contribution is 14.1. The van der Waals surface area contributed by atoms with E-state index in [1.807, 2.05) is 18.2 Å². The summed E-state index contributed by atoms with van der Waals surface area (Å²) in [6.45, 7) is 2.15. The van der Waals surface area contributed by atoms with Gasteiger partial charge in [-0.2, -0.15) is 5.26 Å². The Balaban J connectivity index is 2.93. The normalized spacial score (nSPS) is 11.8. The molecule has 3 heteroatoms. The standard InChI is InChI=1S/C12H12INS/c1-2-11(12(13)8-15-9-14)10-6-4-3-5-7-10/h3-7H,2,8H2,1H3/b12-11-. The van der Waals surface area contributed by atoms with E-state index in [-0.39, 0.29) is 0 Å². The number of benzene rings is 1. The molecule has 0 atom stereocenters. The van der Waals surface area contributed by atoms with Gasteiger partial charge in [-0.05, 0) is 51.9 Å². The molecule has 1 aromatic rings. The molecule has 0 aliphatic heterocycles. The Bertz CT molecular complexity index is 378. The molecule has 15 heavy (non-hydrogen) atoms. The van der Waals surface area contributed by atoms with Gasteiger partial charge in [0.2, 0.25) is 0 Å². The van der Waals surface area contributed by atoms with E-state index in [4.69, 9.17) is 5.26 Å². The summed E-state index contributed by atoms with van der Waals surface area (Å²) < 4.78 is 1.27. The van der Waals surface area contributed by atoms with E-state index in [1.165, 1.54) is 26.5 Å². The molecule has 0 radical (unpaired) electrons. The van der Waals surface area contributed by atoms with E-state index in [0.717, 1.165) is 12.2 Å². The van der Waals surface area contributed by atoms with Crippen molar-refractivity contribution in [2.75, 3.05) is 5.75 Å². The molecular formula is C12H12INS. The van der Waals surface area contributed by atoms with Crippen LogP contribution in [0.15, 0.2) is 33.9 Å². The van der Waals surface area contributed by atoms with Crippen molar-refractivity contribution in [3.63, 3.8) is 0 Å². The molecule has 0 aromatic heterocycles. The minimum atomic E-state index is 0.787. The zero-order valence-electron chi connectivity index (χ0n) is 8.53. The fourth-order valence-corrected chi connectivity index (χ4v) is 2.90. The number of rotatable bonds is 4. The van der Waals surface area contributed by atoms with Crippen molar-refractivity contribution < 1.29 is 0 Å². The number of halogens is 1.